The van der Waals surface area contributed by atoms with Crippen LogP contribution in [-0.4, -0.2) is 27.7 Å². The molecule has 1 N–H and O–H groups in total. The molecule has 1 aliphatic heterocycles. The van der Waals surface area contributed by atoms with Crippen LogP contribution in [-0.2, 0) is 0 Å². The Hall–Kier alpha value is -0.940. The number of pyridine rings is 1. The summed E-state index contributed by atoms with van der Waals surface area (Å²) in [4.78, 5) is 4.57. The highest BCUT2D eigenvalue weighted by atomic mass is 79.9. The van der Waals surface area contributed by atoms with Crippen LogP contribution in [0.3, 0.4) is 0 Å². The number of nitrogens with one attached hydrogen (secondary N) is 1. The number of rotatable bonds is 1. The molecule has 2 aromatic heterocycles. The average molecular weight is 281 g/mol. The van der Waals surface area contributed by atoms with Gasteiger partial charge in [0.15, 0.2) is 11.5 Å². The van der Waals surface area contributed by atoms with Crippen LogP contribution in [0.15, 0.2) is 22.8 Å². The van der Waals surface area contributed by atoms with Crippen LogP contribution in [0, 0.1) is 0 Å². The summed E-state index contributed by atoms with van der Waals surface area (Å²) in [5, 5.41) is 7.92. The van der Waals surface area contributed by atoms with Gasteiger partial charge in [-0.2, -0.15) is 5.10 Å². The quantitative estimate of drug-likeness (QED) is 0.869. The normalized spacial score (nSPS) is 21.4. The zero-order valence-electron chi connectivity index (χ0n) is 8.86. The van der Waals surface area contributed by atoms with Crippen LogP contribution in [0.25, 0.3) is 5.65 Å². The first kappa shape index (κ1) is 10.2. The van der Waals surface area contributed by atoms with Gasteiger partial charge in [0.1, 0.15) is 0 Å². The Bertz CT molecular complexity index is 502. The molecule has 3 heterocycles. The van der Waals surface area contributed by atoms with Gasteiger partial charge in [-0.3, -0.25) is 0 Å². The molecule has 0 bridgehead atoms. The highest BCUT2D eigenvalue weighted by Crippen LogP contribution is 2.21. The first-order chi connectivity index (χ1) is 7.83. The fourth-order valence-corrected chi connectivity index (χ4v) is 2.45. The van der Waals surface area contributed by atoms with Crippen LogP contribution in [0.2, 0.25) is 0 Å². The number of fused-ring (bicyclic) bond motifs is 1. The summed E-state index contributed by atoms with van der Waals surface area (Å²) in [7, 11) is 0. The Kier molecular flexibility index (Phi) is 2.65. The fourth-order valence-electron chi connectivity index (χ4n) is 2.12. The molecule has 5 heteroatoms. The van der Waals surface area contributed by atoms with Crippen molar-refractivity contribution in [2.45, 2.75) is 18.8 Å². The van der Waals surface area contributed by atoms with Gasteiger partial charge in [0.25, 0.3) is 0 Å². The molecule has 1 fully saturated rings. The predicted octanol–water partition coefficient (Wildman–Crippen LogP) is 1.96. The topological polar surface area (TPSA) is 42.2 Å². The van der Waals surface area contributed by atoms with Crippen molar-refractivity contribution >= 4 is 21.6 Å². The Morgan fingerprint density at radius 1 is 1.44 bits per heavy atom. The first-order valence-electron chi connectivity index (χ1n) is 5.55. The minimum absolute atomic E-state index is 0.465. The summed E-state index contributed by atoms with van der Waals surface area (Å²) in [6, 6.07) is 3.98. The van der Waals surface area contributed by atoms with E-state index in [4.69, 9.17) is 0 Å². The lowest BCUT2D eigenvalue weighted by Gasteiger charge is -2.19. The second-order valence-electron chi connectivity index (χ2n) is 4.16. The molecule has 1 unspecified atom stereocenters. The number of halogens is 1. The number of hydrogen-bond acceptors (Lipinski definition) is 3. The van der Waals surface area contributed by atoms with Gasteiger partial charge in [-0.1, -0.05) is 0 Å². The number of nitrogens with zero attached hydrogens (tertiary/aromatic N) is 3. The van der Waals surface area contributed by atoms with Crippen LogP contribution in [0.1, 0.15) is 24.6 Å². The summed E-state index contributed by atoms with van der Waals surface area (Å²) >= 11 is 3.44. The lowest BCUT2D eigenvalue weighted by atomic mass is 9.99. The minimum atomic E-state index is 0.465. The zero-order valence-corrected chi connectivity index (χ0v) is 10.4. The molecule has 4 nitrogen and oxygen atoms in total. The standard InChI is InChI=1S/C11H13BrN4/c12-9-3-4-10-14-11(15-16(10)7-9)8-2-1-5-13-6-8/h3-4,7-8,13H,1-2,5-6H2. The van der Waals surface area contributed by atoms with E-state index in [9.17, 15) is 0 Å². The summed E-state index contributed by atoms with van der Waals surface area (Å²) < 4.78 is 2.87. The van der Waals surface area contributed by atoms with Crippen LogP contribution < -0.4 is 5.32 Å². The smallest absolute Gasteiger partial charge is 0.156 e. The Balaban J connectivity index is 1.97. The Morgan fingerprint density at radius 3 is 3.19 bits per heavy atom. The molecule has 84 valence electrons. The van der Waals surface area contributed by atoms with Gasteiger partial charge in [0.05, 0.1) is 0 Å². The molecule has 16 heavy (non-hydrogen) atoms. The van der Waals surface area contributed by atoms with Crippen molar-refractivity contribution in [2.24, 2.45) is 0 Å². The SMILES string of the molecule is Brc1ccc2nc(C3CCCNC3)nn2c1. The van der Waals surface area contributed by atoms with E-state index in [-0.39, 0.29) is 0 Å². The second-order valence-corrected chi connectivity index (χ2v) is 5.08. The van der Waals surface area contributed by atoms with Crippen molar-refractivity contribution in [3.8, 4) is 0 Å². The van der Waals surface area contributed by atoms with Crippen molar-refractivity contribution in [1.82, 2.24) is 19.9 Å². The molecule has 1 saturated heterocycles. The van der Waals surface area contributed by atoms with Gasteiger partial charge in [0.2, 0.25) is 0 Å². The fraction of sp³-hybridized carbons (Fsp3) is 0.455. The second kappa shape index (κ2) is 4.14. The van der Waals surface area contributed by atoms with Crippen LogP contribution >= 0.6 is 15.9 Å². The Labute approximate surface area is 102 Å². The van der Waals surface area contributed by atoms with Crippen LogP contribution in [0.5, 0.6) is 0 Å². The van der Waals surface area contributed by atoms with Crippen molar-refractivity contribution in [2.75, 3.05) is 13.1 Å². The van der Waals surface area contributed by atoms with E-state index in [1.54, 1.807) is 0 Å². The number of piperidine rings is 1. The summed E-state index contributed by atoms with van der Waals surface area (Å²) in [5.41, 5.74) is 0.920. The zero-order chi connectivity index (χ0) is 11.0. The predicted molar refractivity (Wildman–Crippen MR) is 65.5 cm³/mol. The van der Waals surface area contributed by atoms with E-state index < -0.39 is 0 Å². The molecule has 0 saturated carbocycles. The van der Waals surface area contributed by atoms with E-state index >= 15 is 0 Å². The van der Waals surface area contributed by atoms with E-state index in [2.05, 4.69) is 31.3 Å². The van der Waals surface area contributed by atoms with E-state index in [1.807, 2.05) is 22.8 Å². The van der Waals surface area contributed by atoms with E-state index in [0.717, 1.165) is 29.0 Å². The summed E-state index contributed by atoms with van der Waals surface area (Å²) in [6.07, 6.45) is 4.34. The summed E-state index contributed by atoms with van der Waals surface area (Å²) in [5.74, 6) is 1.43. The van der Waals surface area contributed by atoms with Gasteiger partial charge in [0, 0.05) is 23.1 Å². The average Bonchev–Trinajstić information content (AvgIpc) is 2.73. The highest BCUT2D eigenvalue weighted by Gasteiger charge is 2.19. The largest absolute Gasteiger partial charge is 0.316 e. The number of hydrogen-bond donors (Lipinski definition) is 1. The molecule has 3 rings (SSSR count). The molecular formula is C11H13BrN4. The van der Waals surface area contributed by atoms with E-state index in [1.165, 1.54) is 12.8 Å². The third-order valence-corrected chi connectivity index (χ3v) is 3.44. The highest BCUT2D eigenvalue weighted by molar-refractivity contribution is 9.10. The maximum absolute atomic E-state index is 4.57. The Morgan fingerprint density at radius 2 is 2.38 bits per heavy atom. The van der Waals surface area contributed by atoms with Gasteiger partial charge >= 0.3 is 0 Å². The molecule has 0 spiro atoms. The molecule has 1 atom stereocenters. The summed E-state index contributed by atoms with van der Waals surface area (Å²) in [6.45, 7) is 2.12. The van der Waals surface area contributed by atoms with Gasteiger partial charge in [-0.15, -0.1) is 0 Å². The molecule has 0 aliphatic carbocycles. The molecule has 1 aliphatic rings. The third kappa shape index (κ3) is 1.85. The maximum atomic E-state index is 4.57. The molecule has 0 aromatic carbocycles. The lowest BCUT2D eigenvalue weighted by molar-refractivity contribution is 0.447. The van der Waals surface area contributed by atoms with Crippen molar-refractivity contribution in [1.29, 1.82) is 0 Å². The minimum Gasteiger partial charge on any atom is -0.316 e. The van der Waals surface area contributed by atoms with Gasteiger partial charge in [-0.05, 0) is 47.4 Å². The molecular weight excluding hydrogens is 268 g/mol. The lowest BCUT2D eigenvalue weighted by Crippen LogP contribution is -2.28. The van der Waals surface area contributed by atoms with Crippen molar-refractivity contribution in [3.05, 3.63) is 28.6 Å². The molecule has 2 aromatic rings. The van der Waals surface area contributed by atoms with Gasteiger partial charge in [-0.25, -0.2) is 9.50 Å². The molecule has 0 amide bonds. The maximum Gasteiger partial charge on any atom is 0.156 e. The number of aromatic nitrogens is 3. The van der Waals surface area contributed by atoms with Crippen LogP contribution in [0.4, 0.5) is 0 Å². The first-order valence-corrected chi connectivity index (χ1v) is 6.35. The van der Waals surface area contributed by atoms with Gasteiger partial charge < -0.3 is 5.32 Å². The van der Waals surface area contributed by atoms with Crippen molar-refractivity contribution < 1.29 is 0 Å². The van der Waals surface area contributed by atoms with Crippen molar-refractivity contribution in [3.63, 3.8) is 0 Å². The monoisotopic (exact) mass is 280 g/mol. The molecule has 0 radical (unpaired) electrons. The van der Waals surface area contributed by atoms with E-state index in [0.29, 0.717) is 5.92 Å². The third-order valence-electron chi connectivity index (χ3n) is 2.97.